The summed E-state index contributed by atoms with van der Waals surface area (Å²) in [4.78, 5) is 0. The third-order valence-corrected chi connectivity index (χ3v) is 3.91. The lowest BCUT2D eigenvalue weighted by Gasteiger charge is -2.26. The molecule has 3 rings (SSSR count). The van der Waals surface area contributed by atoms with E-state index in [0.717, 1.165) is 31.9 Å². The Morgan fingerprint density at radius 1 is 1.14 bits per heavy atom. The Kier molecular flexibility index (Phi) is 4.53. The topological polar surface area (TPSA) is 30.5 Å². The molecule has 0 bridgehead atoms. The van der Waals surface area contributed by atoms with Crippen LogP contribution in [0.4, 0.5) is 0 Å². The van der Waals surface area contributed by atoms with E-state index < -0.39 is 0 Å². The van der Waals surface area contributed by atoms with Crippen LogP contribution < -0.4 is 10.1 Å². The van der Waals surface area contributed by atoms with Crippen LogP contribution in [0.2, 0.25) is 0 Å². The summed E-state index contributed by atoms with van der Waals surface area (Å²) < 4.78 is 11.1. The SMILES string of the molecule is COc1ccc(CNCC2OCCc3ccccc32)cc1. The normalized spacial score (nSPS) is 17.3. The zero-order valence-corrected chi connectivity index (χ0v) is 12.3. The van der Waals surface area contributed by atoms with Crippen molar-refractivity contribution >= 4 is 0 Å². The van der Waals surface area contributed by atoms with Gasteiger partial charge in [-0.15, -0.1) is 0 Å². The fourth-order valence-corrected chi connectivity index (χ4v) is 2.74. The number of rotatable bonds is 5. The number of fused-ring (bicyclic) bond motifs is 1. The molecule has 0 radical (unpaired) electrons. The minimum atomic E-state index is 0.160. The fraction of sp³-hybridized carbons (Fsp3) is 0.333. The van der Waals surface area contributed by atoms with Gasteiger partial charge in [0.15, 0.2) is 0 Å². The fourth-order valence-electron chi connectivity index (χ4n) is 2.74. The van der Waals surface area contributed by atoms with E-state index in [9.17, 15) is 0 Å². The summed E-state index contributed by atoms with van der Waals surface area (Å²) in [5, 5.41) is 3.48. The summed E-state index contributed by atoms with van der Waals surface area (Å²) in [5.74, 6) is 0.892. The Hall–Kier alpha value is -1.84. The highest BCUT2D eigenvalue weighted by atomic mass is 16.5. The molecule has 1 aliphatic rings. The molecule has 0 aliphatic carbocycles. The van der Waals surface area contributed by atoms with Gasteiger partial charge in [0.25, 0.3) is 0 Å². The molecule has 1 atom stereocenters. The molecule has 3 heteroatoms. The number of ether oxygens (including phenoxy) is 2. The van der Waals surface area contributed by atoms with Crippen molar-refractivity contribution in [3.8, 4) is 5.75 Å². The van der Waals surface area contributed by atoms with Gasteiger partial charge in [0.1, 0.15) is 5.75 Å². The van der Waals surface area contributed by atoms with E-state index in [1.54, 1.807) is 7.11 Å². The molecule has 0 fully saturated rings. The van der Waals surface area contributed by atoms with Gasteiger partial charge in [-0.05, 0) is 35.2 Å². The quantitative estimate of drug-likeness (QED) is 0.914. The van der Waals surface area contributed by atoms with Gasteiger partial charge < -0.3 is 14.8 Å². The molecule has 3 nitrogen and oxygen atoms in total. The second-order valence-corrected chi connectivity index (χ2v) is 5.29. The van der Waals surface area contributed by atoms with Gasteiger partial charge in [0, 0.05) is 13.1 Å². The first-order valence-electron chi connectivity index (χ1n) is 7.40. The lowest BCUT2D eigenvalue weighted by Crippen LogP contribution is -2.27. The van der Waals surface area contributed by atoms with E-state index >= 15 is 0 Å². The molecule has 0 spiro atoms. The Morgan fingerprint density at radius 3 is 2.76 bits per heavy atom. The molecule has 0 amide bonds. The molecule has 1 unspecified atom stereocenters. The zero-order chi connectivity index (χ0) is 14.5. The maximum atomic E-state index is 5.90. The zero-order valence-electron chi connectivity index (χ0n) is 12.3. The van der Waals surface area contributed by atoms with Gasteiger partial charge in [0.05, 0.1) is 19.8 Å². The van der Waals surface area contributed by atoms with Crippen molar-refractivity contribution in [1.29, 1.82) is 0 Å². The molecule has 2 aromatic carbocycles. The molecule has 0 saturated heterocycles. The maximum Gasteiger partial charge on any atom is 0.118 e. The van der Waals surface area contributed by atoms with Gasteiger partial charge in [-0.1, -0.05) is 36.4 Å². The summed E-state index contributed by atoms with van der Waals surface area (Å²) in [6.45, 7) is 2.49. The van der Waals surface area contributed by atoms with E-state index in [1.807, 2.05) is 12.1 Å². The summed E-state index contributed by atoms with van der Waals surface area (Å²) in [5.41, 5.74) is 3.99. The first-order chi connectivity index (χ1) is 10.4. The molecule has 2 aromatic rings. The van der Waals surface area contributed by atoms with Crippen LogP contribution in [-0.4, -0.2) is 20.3 Å². The predicted octanol–water partition coefficient (Wildman–Crippen LogP) is 3.10. The van der Waals surface area contributed by atoms with Gasteiger partial charge in [0.2, 0.25) is 0 Å². The highest BCUT2D eigenvalue weighted by Crippen LogP contribution is 2.26. The van der Waals surface area contributed by atoms with Crippen molar-refractivity contribution < 1.29 is 9.47 Å². The van der Waals surface area contributed by atoms with Crippen LogP contribution in [-0.2, 0) is 17.7 Å². The number of benzene rings is 2. The molecule has 110 valence electrons. The van der Waals surface area contributed by atoms with Crippen molar-refractivity contribution in [1.82, 2.24) is 5.32 Å². The molecule has 1 heterocycles. The lowest BCUT2D eigenvalue weighted by molar-refractivity contribution is 0.0423. The van der Waals surface area contributed by atoms with Gasteiger partial charge >= 0.3 is 0 Å². The second kappa shape index (κ2) is 6.74. The lowest BCUT2D eigenvalue weighted by atomic mass is 9.97. The monoisotopic (exact) mass is 283 g/mol. The third kappa shape index (κ3) is 3.43. The van der Waals surface area contributed by atoms with Crippen LogP contribution in [0.5, 0.6) is 5.75 Å². The Bertz CT molecular complexity index is 580. The average molecular weight is 283 g/mol. The van der Waals surface area contributed by atoms with Crippen molar-refractivity contribution in [2.45, 2.75) is 19.1 Å². The summed E-state index contributed by atoms with van der Waals surface area (Å²) >= 11 is 0. The standard InChI is InChI=1S/C18H21NO2/c1-20-16-8-6-14(7-9-16)12-19-13-18-17-5-3-2-4-15(17)10-11-21-18/h2-9,18-19H,10-13H2,1H3. The number of hydrogen-bond acceptors (Lipinski definition) is 3. The second-order valence-electron chi connectivity index (χ2n) is 5.29. The highest BCUT2D eigenvalue weighted by molar-refractivity contribution is 5.31. The maximum absolute atomic E-state index is 5.90. The van der Waals surface area contributed by atoms with E-state index in [1.165, 1.54) is 16.7 Å². The number of methoxy groups -OCH3 is 1. The Balaban J connectivity index is 1.56. The summed E-state index contributed by atoms with van der Waals surface area (Å²) in [6.07, 6.45) is 1.18. The minimum absolute atomic E-state index is 0.160. The van der Waals surface area contributed by atoms with Crippen molar-refractivity contribution in [2.75, 3.05) is 20.3 Å². The Labute approximate surface area is 125 Å². The van der Waals surface area contributed by atoms with E-state index in [2.05, 4.69) is 41.7 Å². The van der Waals surface area contributed by atoms with Gasteiger partial charge in [-0.2, -0.15) is 0 Å². The molecule has 1 N–H and O–H groups in total. The third-order valence-electron chi connectivity index (χ3n) is 3.91. The van der Waals surface area contributed by atoms with Crippen LogP contribution in [0.25, 0.3) is 0 Å². The number of hydrogen-bond donors (Lipinski definition) is 1. The largest absolute Gasteiger partial charge is 0.497 e. The predicted molar refractivity (Wildman–Crippen MR) is 83.5 cm³/mol. The van der Waals surface area contributed by atoms with E-state index in [-0.39, 0.29) is 6.10 Å². The Morgan fingerprint density at radius 2 is 1.95 bits per heavy atom. The number of nitrogens with one attached hydrogen (secondary N) is 1. The molecular formula is C18H21NO2. The van der Waals surface area contributed by atoms with E-state index in [4.69, 9.17) is 9.47 Å². The molecule has 0 saturated carbocycles. The average Bonchev–Trinajstić information content (AvgIpc) is 2.56. The minimum Gasteiger partial charge on any atom is -0.497 e. The highest BCUT2D eigenvalue weighted by Gasteiger charge is 2.19. The van der Waals surface area contributed by atoms with Crippen molar-refractivity contribution in [3.63, 3.8) is 0 Å². The van der Waals surface area contributed by atoms with Crippen LogP contribution in [0.3, 0.4) is 0 Å². The molecule has 21 heavy (non-hydrogen) atoms. The van der Waals surface area contributed by atoms with Gasteiger partial charge in [-0.25, -0.2) is 0 Å². The van der Waals surface area contributed by atoms with E-state index in [0.29, 0.717) is 0 Å². The van der Waals surface area contributed by atoms with Crippen LogP contribution in [0, 0.1) is 0 Å². The summed E-state index contributed by atoms with van der Waals surface area (Å²) in [6, 6.07) is 16.7. The van der Waals surface area contributed by atoms with Crippen molar-refractivity contribution in [2.24, 2.45) is 0 Å². The first-order valence-corrected chi connectivity index (χ1v) is 7.40. The van der Waals surface area contributed by atoms with Crippen LogP contribution >= 0.6 is 0 Å². The molecular weight excluding hydrogens is 262 g/mol. The smallest absolute Gasteiger partial charge is 0.118 e. The molecule has 1 aliphatic heterocycles. The van der Waals surface area contributed by atoms with Crippen LogP contribution in [0.1, 0.15) is 22.8 Å². The van der Waals surface area contributed by atoms with Crippen LogP contribution in [0.15, 0.2) is 48.5 Å². The first kappa shape index (κ1) is 14.1. The van der Waals surface area contributed by atoms with Crippen molar-refractivity contribution in [3.05, 3.63) is 65.2 Å². The van der Waals surface area contributed by atoms with Gasteiger partial charge in [-0.3, -0.25) is 0 Å². The summed E-state index contributed by atoms with van der Waals surface area (Å²) in [7, 11) is 1.69. The molecule has 0 aromatic heterocycles.